The van der Waals surface area contributed by atoms with E-state index in [0.29, 0.717) is 11.3 Å². The van der Waals surface area contributed by atoms with Gasteiger partial charge in [0.2, 0.25) is 0 Å². The molecular weight excluding hydrogens is 294 g/mol. The molecule has 23 heavy (non-hydrogen) atoms. The topological polar surface area (TPSA) is 75.6 Å². The van der Waals surface area contributed by atoms with Crippen LogP contribution in [0.4, 0.5) is 10.5 Å². The molecule has 0 aromatic heterocycles. The number of rotatable bonds is 3. The summed E-state index contributed by atoms with van der Waals surface area (Å²) < 4.78 is 5.25. The number of carboxylic acid groups (broad SMARTS) is 1. The van der Waals surface area contributed by atoms with Crippen LogP contribution in [0, 0.1) is 0 Å². The second-order valence-corrected chi connectivity index (χ2v) is 6.06. The van der Waals surface area contributed by atoms with Crippen molar-refractivity contribution in [2.45, 2.75) is 26.4 Å². The highest BCUT2D eigenvalue weighted by molar-refractivity contribution is 5.94. The van der Waals surface area contributed by atoms with E-state index in [-0.39, 0.29) is 5.56 Å². The van der Waals surface area contributed by atoms with Crippen molar-refractivity contribution < 1.29 is 19.4 Å². The Morgan fingerprint density at radius 1 is 1.04 bits per heavy atom. The van der Waals surface area contributed by atoms with Gasteiger partial charge in [-0.25, -0.2) is 9.59 Å². The molecule has 0 saturated carbocycles. The number of hydrogen-bond acceptors (Lipinski definition) is 3. The molecular formula is C18H19NO4. The molecule has 0 aliphatic carbocycles. The predicted molar refractivity (Wildman–Crippen MR) is 88.7 cm³/mol. The van der Waals surface area contributed by atoms with E-state index >= 15 is 0 Å². The van der Waals surface area contributed by atoms with Gasteiger partial charge in [-0.1, -0.05) is 30.3 Å². The molecule has 0 atom stereocenters. The summed E-state index contributed by atoms with van der Waals surface area (Å²) in [6.07, 6.45) is -0.556. The van der Waals surface area contributed by atoms with Gasteiger partial charge >= 0.3 is 12.1 Å². The molecule has 2 aromatic carbocycles. The first-order chi connectivity index (χ1) is 10.8. The molecule has 2 aromatic rings. The van der Waals surface area contributed by atoms with Crippen molar-refractivity contribution in [3.8, 4) is 11.1 Å². The van der Waals surface area contributed by atoms with Crippen LogP contribution < -0.4 is 5.32 Å². The smallest absolute Gasteiger partial charge is 0.412 e. The number of nitrogens with one attached hydrogen (secondary N) is 1. The normalized spacial score (nSPS) is 10.9. The lowest BCUT2D eigenvalue weighted by molar-refractivity contribution is 0.0634. The first kappa shape index (κ1) is 16.5. The highest BCUT2D eigenvalue weighted by Gasteiger charge is 2.17. The zero-order valence-electron chi connectivity index (χ0n) is 13.3. The molecule has 0 unspecified atom stereocenters. The maximum atomic E-state index is 12.0. The zero-order chi connectivity index (χ0) is 17.0. The second-order valence-electron chi connectivity index (χ2n) is 6.06. The molecule has 2 rings (SSSR count). The van der Waals surface area contributed by atoms with Crippen molar-refractivity contribution in [2.24, 2.45) is 0 Å². The van der Waals surface area contributed by atoms with Crippen LogP contribution in [-0.2, 0) is 4.74 Å². The maximum absolute atomic E-state index is 12.0. The van der Waals surface area contributed by atoms with Crippen molar-refractivity contribution in [1.29, 1.82) is 0 Å². The number of benzene rings is 2. The lowest BCUT2D eigenvalue weighted by Gasteiger charge is -2.20. The second kappa shape index (κ2) is 6.52. The third-order valence-corrected chi connectivity index (χ3v) is 2.98. The van der Waals surface area contributed by atoms with Crippen molar-refractivity contribution in [3.05, 3.63) is 54.1 Å². The monoisotopic (exact) mass is 313 g/mol. The summed E-state index contributed by atoms with van der Waals surface area (Å²) in [6.45, 7) is 5.36. The van der Waals surface area contributed by atoms with E-state index < -0.39 is 17.7 Å². The summed E-state index contributed by atoms with van der Waals surface area (Å²) in [4.78, 5) is 23.1. The molecule has 0 aliphatic heterocycles. The summed E-state index contributed by atoms with van der Waals surface area (Å²) in [5.74, 6) is -0.996. The lowest BCUT2D eigenvalue weighted by Crippen LogP contribution is -2.27. The van der Waals surface area contributed by atoms with Gasteiger partial charge in [-0.05, 0) is 44.5 Å². The largest absolute Gasteiger partial charge is 0.478 e. The van der Waals surface area contributed by atoms with Crippen LogP contribution in [0.25, 0.3) is 11.1 Å². The fraction of sp³-hybridized carbons (Fsp3) is 0.222. The molecule has 0 aliphatic rings. The zero-order valence-corrected chi connectivity index (χ0v) is 13.3. The summed E-state index contributed by atoms with van der Waals surface area (Å²) in [7, 11) is 0. The van der Waals surface area contributed by atoms with Crippen molar-refractivity contribution in [2.75, 3.05) is 5.32 Å². The first-order valence-electron chi connectivity index (χ1n) is 7.19. The van der Waals surface area contributed by atoms with Gasteiger partial charge in [-0.3, -0.25) is 5.32 Å². The van der Waals surface area contributed by atoms with Crippen molar-refractivity contribution in [1.82, 2.24) is 0 Å². The molecule has 5 heteroatoms. The Balaban J connectivity index is 2.33. The summed E-state index contributed by atoms with van der Waals surface area (Å²) in [5.41, 5.74) is 1.58. The Kier molecular flexibility index (Phi) is 4.69. The van der Waals surface area contributed by atoms with Gasteiger partial charge in [-0.2, -0.15) is 0 Å². The van der Waals surface area contributed by atoms with E-state index in [1.807, 2.05) is 12.1 Å². The fourth-order valence-electron chi connectivity index (χ4n) is 2.08. The quantitative estimate of drug-likeness (QED) is 0.880. The van der Waals surface area contributed by atoms with Crippen molar-refractivity contribution in [3.63, 3.8) is 0 Å². The number of aromatic carboxylic acids is 1. The Bertz CT molecular complexity index is 732. The lowest BCUT2D eigenvalue weighted by atomic mass is 10.0. The van der Waals surface area contributed by atoms with E-state index in [4.69, 9.17) is 9.84 Å². The van der Waals surface area contributed by atoms with E-state index in [9.17, 15) is 9.59 Å². The third-order valence-electron chi connectivity index (χ3n) is 2.98. The standard InChI is InChI=1S/C18H19NO4/c1-18(2,3)23-17(22)19-15-10-5-4-9-14(15)12-7-6-8-13(11-12)16(20)21/h4-11H,1-3H3,(H,19,22)(H,20,21). The average Bonchev–Trinajstić information content (AvgIpc) is 2.46. The minimum absolute atomic E-state index is 0.189. The Morgan fingerprint density at radius 2 is 1.74 bits per heavy atom. The van der Waals surface area contributed by atoms with Crippen LogP contribution in [0.1, 0.15) is 31.1 Å². The molecule has 1 amide bonds. The van der Waals surface area contributed by atoms with Gasteiger partial charge in [0.1, 0.15) is 5.60 Å². The fourth-order valence-corrected chi connectivity index (χ4v) is 2.08. The highest BCUT2D eigenvalue weighted by atomic mass is 16.6. The molecule has 0 radical (unpaired) electrons. The Morgan fingerprint density at radius 3 is 2.39 bits per heavy atom. The number of anilines is 1. The molecule has 0 saturated heterocycles. The Labute approximate surface area is 134 Å². The molecule has 120 valence electrons. The van der Waals surface area contributed by atoms with Gasteiger partial charge in [-0.15, -0.1) is 0 Å². The maximum Gasteiger partial charge on any atom is 0.412 e. The van der Waals surface area contributed by atoms with Gasteiger partial charge in [0, 0.05) is 5.56 Å². The SMILES string of the molecule is CC(C)(C)OC(=O)Nc1ccccc1-c1cccc(C(=O)O)c1. The average molecular weight is 313 g/mol. The first-order valence-corrected chi connectivity index (χ1v) is 7.19. The molecule has 0 fully saturated rings. The predicted octanol–water partition coefficient (Wildman–Crippen LogP) is 4.40. The van der Waals surface area contributed by atoms with Gasteiger partial charge in [0.25, 0.3) is 0 Å². The highest BCUT2D eigenvalue weighted by Crippen LogP contribution is 2.29. The van der Waals surface area contributed by atoms with Crippen molar-refractivity contribution >= 4 is 17.7 Å². The Hall–Kier alpha value is -2.82. The molecule has 0 bridgehead atoms. The van der Waals surface area contributed by atoms with Gasteiger partial charge in [0.05, 0.1) is 11.3 Å². The molecule has 2 N–H and O–H groups in total. The van der Waals surface area contributed by atoms with E-state index in [1.165, 1.54) is 6.07 Å². The number of amides is 1. The minimum Gasteiger partial charge on any atom is -0.478 e. The van der Waals surface area contributed by atoms with E-state index in [2.05, 4.69) is 5.32 Å². The molecule has 0 spiro atoms. The number of carbonyl (C=O) groups is 2. The van der Waals surface area contributed by atoms with Crippen LogP contribution in [0.3, 0.4) is 0 Å². The number of carbonyl (C=O) groups excluding carboxylic acids is 1. The number of ether oxygens (including phenoxy) is 1. The summed E-state index contributed by atoms with van der Waals surface area (Å²) in [6, 6.07) is 13.7. The van der Waals surface area contributed by atoms with Crippen LogP contribution in [0.15, 0.2) is 48.5 Å². The van der Waals surface area contributed by atoms with Crippen LogP contribution in [0.5, 0.6) is 0 Å². The van der Waals surface area contributed by atoms with Gasteiger partial charge in [0.15, 0.2) is 0 Å². The summed E-state index contributed by atoms with van der Waals surface area (Å²) >= 11 is 0. The van der Waals surface area contributed by atoms with Crippen LogP contribution >= 0.6 is 0 Å². The third kappa shape index (κ3) is 4.57. The minimum atomic E-state index is -0.996. The van der Waals surface area contributed by atoms with Gasteiger partial charge < -0.3 is 9.84 Å². The van der Waals surface area contributed by atoms with E-state index in [1.54, 1.807) is 51.1 Å². The number of carboxylic acids is 1. The molecule has 5 nitrogen and oxygen atoms in total. The molecule has 0 heterocycles. The van der Waals surface area contributed by atoms with Crippen LogP contribution in [-0.4, -0.2) is 22.8 Å². The number of hydrogen-bond donors (Lipinski definition) is 2. The number of para-hydroxylation sites is 1. The summed E-state index contributed by atoms with van der Waals surface area (Å²) in [5, 5.41) is 11.8. The van der Waals surface area contributed by atoms with E-state index in [0.717, 1.165) is 5.56 Å². The van der Waals surface area contributed by atoms with Crippen LogP contribution in [0.2, 0.25) is 0 Å².